The summed E-state index contributed by atoms with van der Waals surface area (Å²) < 4.78 is 4.66. The first-order valence-corrected chi connectivity index (χ1v) is 13.5. The Morgan fingerprint density at radius 2 is 1.22 bits per heavy atom. The maximum Gasteiger partial charge on any atom is 0.173 e. The standard InChI is InChI=1S/C33H31N3S/c1-32(2,3)24-18-14-22(15-19-24)30-34-31(37-35-30)23-16-20-25(21-17-23)36-28-12-8-6-10-26(28)33(4,5)27-11-7-9-13-29(27)36/h6-21H,1-5H3. The van der Waals surface area contributed by atoms with E-state index < -0.39 is 0 Å². The summed E-state index contributed by atoms with van der Waals surface area (Å²) in [7, 11) is 0. The largest absolute Gasteiger partial charge is 0.310 e. The molecule has 0 bridgehead atoms. The summed E-state index contributed by atoms with van der Waals surface area (Å²) in [5, 5.41) is 0.932. The van der Waals surface area contributed by atoms with Crippen molar-refractivity contribution in [3.8, 4) is 22.0 Å². The Labute approximate surface area is 223 Å². The van der Waals surface area contributed by atoms with E-state index in [1.54, 1.807) is 0 Å². The number of rotatable bonds is 3. The van der Waals surface area contributed by atoms with Crippen LogP contribution in [-0.4, -0.2) is 9.36 Å². The molecule has 37 heavy (non-hydrogen) atoms. The SMILES string of the molecule is CC(C)(C)c1ccc(-c2nsc(-c3ccc(N4c5ccccc5C(C)(C)c5ccccc54)cc3)n2)cc1. The van der Waals surface area contributed by atoms with Gasteiger partial charge in [-0.05, 0) is 70.0 Å². The smallest absolute Gasteiger partial charge is 0.173 e. The lowest BCUT2D eigenvalue weighted by atomic mass is 9.73. The van der Waals surface area contributed by atoms with E-state index in [0.29, 0.717) is 0 Å². The Hall–Kier alpha value is -3.76. The molecule has 0 atom stereocenters. The van der Waals surface area contributed by atoms with Crippen LogP contribution in [0.1, 0.15) is 51.3 Å². The summed E-state index contributed by atoms with van der Waals surface area (Å²) in [6.07, 6.45) is 0. The summed E-state index contributed by atoms with van der Waals surface area (Å²) >= 11 is 1.45. The van der Waals surface area contributed by atoms with Gasteiger partial charge in [-0.25, -0.2) is 4.98 Å². The van der Waals surface area contributed by atoms with Gasteiger partial charge in [-0.2, -0.15) is 4.37 Å². The van der Waals surface area contributed by atoms with Crippen LogP contribution in [0.25, 0.3) is 22.0 Å². The minimum Gasteiger partial charge on any atom is -0.310 e. The number of hydrogen-bond donors (Lipinski definition) is 0. The molecule has 6 rings (SSSR count). The average molecular weight is 502 g/mol. The van der Waals surface area contributed by atoms with Gasteiger partial charge in [0.25, 0.3) is 0 Å². The number of anilines is 3. The highest BCUT2D eigenvalue weighted by atomic mass is 32.1. The average Bonchev–Trinajstić information content (AvgIpc) is 3.39. The molecule has 1 aliphatic rings. The molecule has 0 saturated carbocycles. The lowest BCUT2D eigenvalue weighted by molar-refractivity contribution is 0.590. The number of para-hydroxylation sites is 2. The second-order valence-corrected chi connectivity index (χ2v) is 12.0. The summed E-state index contributed by atoms with van der Waals surface area (Å²) in [6.45, 7) is 11.3. The number of aromatic nitrogens is 2. The van der Waals surface area contributed by atoms with Gasteiger partial charge < -0.3 is 4.90 Å². The summed E-state index contributed by atoms with van der Waals surface area (Å²) in [5.41, 5.74) is 9.80. The molecule has 1 aliphatic heterocycles. The Morgan fingerprint density at radius 1 is 0.676 bits per heavy atom. The maximum absolute atomic E-state index is 4.87. The summed E-state index contributed by atoms with van der Waals surface area (Å²) in [6, 6.07) is 34.8. The Balaban J connectivity index is 1.33. The highest BCUT2D eigenvalue weighted by molar-refractivity contribution is 7.09. The van der Waals surface area contributed by atoms with Crippen molar-refractivity contribution < 1.29 is 0 Å². The van der Waals surface area contributed by atoms with E-state index in [9.17, 15) is 0 Å². The van der Waals surface area contributed by atoms with Gasteiger partial charge in [-0.3, -0.25) is 0 Å². The second-order valence-electron chi connectivity index (χ2n) is 11.3. The summed E-state index contributed by atoms with van der Waals surface area (Å²) in [5.74, 6) is 0.783. The van der Waals surface area contributed by atoms with Crippen LogP contribution in [0.15, 0.2) is 97.1 Å². The molecule has 184 valence electrons. The molecule has 1 aromatic heterocycles. The molecule has 3 nitrogen and oxygen atoms in total. The highest BCUT2D eigenvalue weighted by Crippen LogP contribution is 2.51. The van der Waals surface area contributed by atoms with Gasteiger partial charge in [-0.15, -0.1) is 0 Å². The molecular formula is C33H31N3S. The van der Waals surface area contributed by atoms with Crippen LogP contribution in [0, 0.1) is 0 Å². The van der Waals surface area contributed by atoms with Gasteiger partial charge in [0.15, 0.2) is 5.82 Å². The maximum atomic E-state index is 4.87. The van der Waals surface area contributed by atoms with Crippen molar-refractivity contribution in [2.45, 2.75) is 45.4 Å². The molecule has 2 heterocycles. The van der Waals surface area contributed by atoms with Crippen LogP contribution in [0.3, 0.4) is 0 Å². The third kappa shape index (κ3) is 4.06. The van der Waals surface area contributed by atoms with Gasteiger partial charge in [0, 0.05) is 22.2 Å². The Bertz CT molecular complexity index is 1520. The number of benzene rings is 4. The van der Waals surface area contributed by atoms with Crippen molar-refractivity contribution in [2.75, 3.05) is 4.90 Å². The van der Waals surface area contributed by atoms with E-state index in [1.807, 2.05) is 0 Å². The molecule has 0 spiro atoms. The van der Waals surface area contributed by atoms with Crippen molar-refractivity contribution in [1.29, 1.82) is 0 Å². The molecule has 0 fully saturated rings. The van der Waals surface area contributed by atoms with Crippen LogP contribution in [-0.2, 0) is 10.8 Å². The van der Waals surface area contributed by atoms with Gasteiger partial charge in [0.1, 0.15) is 5.01 Å². The molecule has 0 saturated heterocycles. The van der Waals surface area contributed by atoms with E-state index >= 15 is 0 Å². The van der Waals surface area contributed by atoms with Gasteiger partial charge in [0.2, 0.25) is 0 Å². The normalized spacial score (nSPS) is 14.2. The molecule has 0 N–H and O–H groups in total. The van der Waals surface area contributed by atoms with Crippen LogP contribution in [0.4, 0.5) is 17.1 Å². The second kappa shape index (κ2) is 8.67. The first kappa shape index (κ1) is 23.6. The molecule has 0 unspecified atom stereocenters. The van der Waals surface area contributed by atoms with E-state index in [0.717, 1.165) is 27.6 Å². The van der Waals surface area contributed by atoms with Gasteiger partial charge in [0.05, 0.1) is 11.4 Å². The van der Waals surface area contributed by atoms with E-state index in [1.165, 1.54) is 39.6 Å². The third-order valence-corrected chi connectivity index (χ3v) is 8.21. The first-order valence-electron chi connectivity index (χ1n) is 12.8. The molecule has 4 aromatic carbocycles. The molecule has 0 radical (unpaired) electrons. The van der Waals surface area contributed by atoms with Crippen LogP contribution < -0.4 is 4.90 Å². The van der Waals surface area contributed by atoms with E-state index in [4.69, 9.17) is 4.98 Å². The fraction of sp³-hybridized carbons (Fsp3) is 0.212. The van der Waals surface area contributed by atoms with Gasteiger partial charge >= 0.3 is 0 Å². The van der Waals surface area contributed by atoms with Crippen molar-refractivity contribution in [3.05, 3.63) is 114 Å². The number of nitrogens with zero attached hydrogens (tertiary/aromatic N) is 3. The van der Waals surface area contributed by atoms with Crippen LogP contribution in [0.5, 0.6) is 0 Å². The molecule has 4 heteroatoms. The minimum atomic E-state index is -0.0579. The van der Waals surface area contributed by atoms with Crippen molar-refractivity contribution in [3.63, 3.8) is 0 Å². The zero-order chi connectivity index (χ0) is 25.8. The predicted molar refractivity (Wildman–Crippen MR) is 156 cm³/mol. The molecule has 5 aromatic rings. The zero-order valence-electron chi connectivity index (χ0n) is 22.0. The quantitative estimate of drug-likeness (QED) is 0.247. The molecule has 0 aliphatic carbocycles. The van der Waals surface area contributed by atoms with Gasteiger partial charge in [-0.1, -0.05) is 95.3 Å². The van der Waals surface area contributed by atoms with E-state index in [2.05, 4.69) is 141 Å². The fourth-order valence-electron chi connectivity index (χ4n) is 5.28. The van der Waals surface area contributed by atoms with Crippen molar-refractivity contribution >= 4 is 28.6 Å². The zero-order valence-corrected chi connectivity index (χ0v) is 22.8. The Morgan fingerprint density at radius 3 is 1.78 bits per heavy atom. The fourth-order valence-corrected chi connectivity index (χ4v) is 5.97. The monoisotopic (exact) mass is 501 g/mol. The number of fused-ring (bicyclic) bond motifs is 2. The number of hydrogen-bond acceptors (Lipinski definition) is 4. The first-order chi connectivity index (χ1) is 17.7. The van der Waals surface area contributed by atoms with E-state index in [-0.39, 0.29) is 10.8 Å². The topological polar surface area (TPSA) is 29.0 Å². The Kier molecular flexibility index (Phi) is 5.54. The predicted octanol–water partition coefficient (Wildman–Crippen LogP) is 9.28. The summed E-state index contributed by atoms with van der Waals surface area (Å²) in [4.78, 5) is 7.25. The highest BCUT2D eigenvalue weighted by Gasteiger charge is 2.36. The minimum absolute atomic E-state index is 0.0579. The lowest BCUT2D eigenvalue weighted by Crippen LogP contribution is -2.30. The third-order valence-electron chi connectivity index (χ3n) is 7.44. The lowest BCUT2D eigenvalue weighted by Gasteiger charge is -2.42. The van der Waals surface area contributed by atoms with Crippen LogP contribution >= 0.6 is 11.5 Å². The molecule has 0 amide bonds. The molecular weight excluding hydrogens is 470 g/mol. The van der Waals surface area contributed by atoms with Crippen molar-refractivity contribution in [1.82, 2.24) is 9.36 Å². The van der Waals surface area contributed by atoms with Crippen molar-refractivity contribution in [2.24, 2.45) is 0 Å². The van der Waals surface area contributed by atoms with Crippen LogP contribution in [0.2, 0.25) is 0 Å².